The second kappa shape index (κ2) is 4.52. The molecule has 0 unspecified atom stereocenters. The van der Waals surface area contributed by atoms with Crippen LogP contribution in [0.2, 0.25) is 0 Å². The van der Waals surface area contributed by atoms with Crippen LogP contribution in [0.15, 0.2) is 15.9 Å². The minimum atomic E-state index is -0.255. The summed E-state index contributed by atoms with van der Waals surface area (Å²) in [6.07, 6.45) is 2.48. The highest BCUT2D eigenvalue weighted by molar-refractivity contribution is 7.99. The third-order valence-corrected chi connectivity index (χ3v) is 2.70. The van der Waals surface area contributed by atoms with Crippen LogP contribution >= 0.6 is 11.8 Å². The van der Waals surface area contributed by atoms with Crippen LogP contribution in [0.5, 0.6) is 0 Å². The Labute approximate surface area is 88.5 Å². The Balaban J connectivity index is 2.33. The van der Waals surface area contributed by atoms with Gasteiger partial charge in [0, 0.05) is 5.75 Å². The zero-order valence-corrected chi connectivity index (χ0v) is 9.52. The molecule has 0 bridgehead atoms. The van der Waals surface area contributed by atoms with Crippen LogP contribution in [0.1, 0.15) is 26.0 Å². The number of nitriles is 1. The Hall–Kier alpha value is -0.950. The average molecular weight is 210 g/mol. The number of thioether (sulfide) groups is 1. The van der Waals surface area contributed by atoms with Gasteiger partial charge in [0.2, 0.25) is 0 Å². The number of nitrogens with zero attached hydrogens (tertiary/aromatic N) is 2. The van der Waals surface area contributed by atoms with Crippen molar-refractivity contribution in [3.05, 3.63) is 12.0 Å². The van der Waals surface area contributed by atoms with Crippen molar-refractivity contribution in [3.8, 4) is 6.07 Å². The number of aryl methyl sites for hydroxylation is 1. The summed E-state index contributed by atoms with van der Waals surface area (Å²) in [5.41, 5.74) is 0.640. The van der Waals surface area contributed by atoms with Gasteiger partial charge in [-0.2, -0.15) is 5.26 Å². The maximum atomic E-state index is 8.80. The highest BCUT2D eigenvalue weighted by atomic mass is 32.2. The number of aromatic nitrogens is 1. The molecule has 14 heavy (non-hydrogen) atoms. The van der Waals surface area contributed by atoms with Crippen LogP contribution < -0.4 is 0 Å². The summed E-state index contributed by atoms with van der Waals surface area (Å²) in [4.78, 5) is 4.17. The Morgan fingerprint density at radius 3 is 2.86 bits per heavy atom. The van der Waals surface area contributed by atoms with Crippen molar-refractivity contribution in [3.63, 3.8) is 0 Å². The predicted octanol–water partition coefficient (Wildman–Crippen LogP) is 3.02. The van der Waals surface area contributed by atoms with Crippen molar-refractivity contribution >= 4 is 11.8 Å². The number of hydrogen-bond acceptors (Lipinski definition) is 4. The Bertz CT molecular complexity index is 338. The van der Waals surface area contributed by atoms with Gasteiger partial charge in [0.25, 0.3) is 5.22 Å². The summed E-state index contributed by atoms with van der Waals surface area (Å²) >= 11 is 1.55. The molecule has 0 aromatic carbocycles. The van der Waals surface area contributed by atoms with E-state index < -0.39 is 0 Å². The molecule has 3 nitrogen and oxygen atoms in total. The van der Waals surface area contributed by atoms with E-state index in [2.05, 4.69) is 11.1 Å². The van der Waals surface area contributed by atoms with Gasteiger partial charge in [-0.1, -0.05) is 11.8 Å². The third kappa shape index (κ3) is 3.43. The molecular weight excluding hydrogens is 196 g/mol. The van der Waals surface area contributed by atoms with Crippen molar-refractivity contribution in [1.29, 1.82) is 5.26 Å². The van der Waals surface area contributed by atoms with Gasteiger partial charge in [-0.15, -0.1) is 0 Å². The van der Waals surface area contributed by atoms with E-state index in [1.807, 2.05) is 20.8 Å². The predicted molar refractivity (Wildman–Crippen MR) is 56.0 cm³/mol. The van der Waals surface area contributed by atoms with E-state index in [0.29, 0.717) is 5.22 Å². The normalized spacial score (nSPS) is 11.3. The topological polar surface area (TPSA) is 49.8 Å². The molecule has 0 saturated carbocycles. The van der Waals surface area contributed by atoms with Crippen LogP contribution in [-0.2, 0) is 0 Å². The van der Waals surface area contributed by atoms with Crippen molar-refractivity contribution in [2.45, 2.75) is 32.4 Å². The largest absolute Gasteiger partial charge is 0.440 e. The fourth-order valence-corrected chi connectivity index (χ4v) is 1.96. The molecule has 4 heteroatoms. The lowest BCUT2D eigenvalue weighted by atomic mass is 9.93. The van der Waals surface area contributed by atoms with Gasteiger partial charge in [0.05, 0.1) is 17.2 Å². The van der Waals surface area contributed by atoms with E-state index >= 15 is 0 Å². The summed E-state index contributed by atoms with van der Waals surface area (Å²) in [6, 6.07) is 2.27. The molecule has 0 fully saturated rings. The van der Waals surface area contributed by atoms with E-state index in [1.165, 1.54) is 0 Å². The van der Waals surface area contributed by atoms with Gasteiger partial charge < -0.3 is 4.42 Å². The Kier molecular flexibility index (Phi) is 3.59. The first-order chi connectivity index (χ1) is 6.53. The second-order valence-electron chi connectivity index (χ2n) is 3.85. The molecule has 0 radical (unpaired) electrons. The molecular formula is C10H14N2OS. The molecule has 0 saturated heterocycles. The molecule has 0 N–H and O–H groups in total. The van der Waals surface area contributed by atoms with Gasteiger partial charge >= 0.3 is 0 Å². The van der Waals surface area contributed by atoms with Gasteiger partial charge in [-0.3, -0.25) is 0 Å². The standard InChI is InChI=1S/C10H14N2OS/c1-8-6-13-9(12-8)14-5-4-10(2,3)7-11/h6H,4-5H2,1-3H3. The highest BCUT2D eigenvalue weighted by Crippen LogP contribution is 2.25. The summed E-state index contributed by atoms with van der Waals surface area (Å²) in [6.45, 7) is 5.77. The Morgan fingerprint density at radius 2 is 2.36 bits per heavy atom. The fraction of sp³-hybridized carbons (Fsp3) is 0.600. The average Bonchev–Trinajstić information content (AvgIpc) is 2.51. The minimum Gasteiger partial charge on any atom is -0.440 e. The lowest BCUT2D eigenvalue weighted by molar-refractivity contribution is 0.450. The lowest BCUT2D eigenvalue weighted by Gasteiger charge is -2.12. The molecule has 0 aliphatic heterocycles. The molecule has 1 rings (SSSR count). The maximum Gasteiger partial charge on any atom is 0.255 e. The van der Waals surface area contributed by atoms with Gasteiger partial charge in [0.15, 0.2) is 0 Å². The van der Waals surface area contributed by atoms with E-state index in [0.717, 1.165) is 17.9 Å². The van der Waals surface area contributed by atoms with Crippen molar-refractivity contribution in [2.75, 3.05) is 5.75 Å². The van der Waals surface area contributed by atoms with Crippen LogP contribution in [0.4, 0.5) is 0 Å². The summed E-state index contributed by atoms with van der Waals surface area (Å²) < 4.78 is 5.18. The monoisotopic (exact) mass is 210 g/mol. The SMILES string of the molecule is Cc1coc(SCCC(C)(C)C#N)n1. The zero-order chi connectivity index (χ0) is 10.6. The molecule has 0 aliphatic rings. The van der Waals surface area contributed by atoms with Crippen molar-refractivity contribution in [2.24, 2.45) is 5.41 Å². The van der Waals surface area contributed by atoms with E-state index in [4.69, 9.17) is 9.68 Å². The minimum absolute atomic E-state index is 0.255. The van der Waals surface area contributed by atoms with Crippen molar-refractivity contribution in [1.82, 2.24) is 4.98 Å². The molecule has 1 aromatic heterocycles. The Morgan fingerprint density at radius 1 is 1.64 bits per heavy atom. The quantitative estimate of drug-likeness (QED) is 0.717. The van der Waals surface area contributed by atoms with Crippen LogP contribution in [0, 0.1) is 23.7 Å². The third-order valence-electron chi connectivity index (χ3n) is 1.85. The number of rotatable bonds is 4. The van der Waals surface area contributed by atoms with E-state index in [9.17, 15) is 0 Å². The highest BCUT2D eigenvalue weighted by Gasteiger charge is 2.16. The smallest absolute Gasteiger partial charge is 0.255 e. The first-order valence-electron chi connectivity index (χ1n) is 4.50. The van der Waals surface area contributed by atoms with Crippen LogP contribution in [0.25, 0.3) is 0 Å². The maximum absolute atomic E-state index is 8.80. The van der Waals surface area contributed by atoms with Crippen molar-refractivity contribution < 1.29 is 4.42 Å². The first-order valence-corrected chi connectivity index (χ1v) is 5.48. The zero-order valence-electron chi connectivity index (χ0n) is 8.70. The van der Waals surface area contributed by atoms with Crippen LogP contribution in [0.3, 0.4) is 0 Å². The molecule has 1 heterocycles. The first kappa shape index (κ1) is 11.1. The number of hydrogen-bond donors (Lipinski definition) is 0. The van der Waals surface area contributed by atoms with Crippen LogP contribution in [-0.4, -0.2) is 10.7 Å². The summed E-state index contributed by atoms with van der Waals surface area (Å²) in [5, 5.41) is 9.49. The molecule has 0 atom stereocenters. The summed E-state index contributed by atoms with van der Waals surface area (Å²) in [7, 11) is 0. The lowest BCUT2D eigenvalue weighted by Crippen LogP contribution is -2.08. The van der Waals surface area contributed by atoms with Gasteiger partial charge in [-0.05, 0) is 27.2 Å². The fourth-order valence-electron chi connectivity index (χ4n) is 0.848. The molecule has 0 aliphatic carbocycles. The number of oxazole rings is 1. The van der Waals surface area contributed by atoms with E-state index in [-0.39, 0.29) is 5.41 Å². The second-order valence-corrected chi connectivity index (χ2v) is 4.90. The molecule has 0 spiro atoms. The van der Waals surface area contributed by atoms with Gasteiger partial charge in [-0.25, -0.2) is 4.98 Å². The van der Waals surface area contributed by atoms with Gasteiger partial charge in [0.1, 0.15) is 6.26 Å². The molecule has 76 valence electrons. The molecule has 1 aromatic rings. The van der Waals surface area contributed by atoms with E-state index in [1.54, 1.807) is 18.0 Å². The summed E-state index contributed by atoms with van der Waals surface area (Å²) in [5.74, 6) is 0.862. The molecule has 0 amide bonds.